The number of anilines is 1. The first-order chi connectivity index (χ1) is 21.9. The molecule has 3 aromatic rings. The summed E-state index contributed by atoms with van der Waals surface area (Å²) in [7, 11) is 1.57. The third-order valence-corrected chi connectivity index (χ3v) is 7.38. The van der Waals surface area contributed by atoms with Crippen molar-refractivity contribution < 1.29 is 45.4 Å². The van der Waals surface area contributed by atoms with E-state index in [0.717, 1.165) is 6.20 Å². The lowest BCUT2D eigenvalue weighted by atomic mass is 9.84. The molecule has 0 spiro atoms. The number of rotatable bonds is 12. The van der Waals surface area contributed by atoms with Crippen LogP contribution in [0.1, 0.15) is 29.0 Å². The van der Waals surface area contributed by atoms with Gasteiger partial charge in [0.25, 0.3) is 0 Å². The van der Waals surface area contributed by atoms with Crippen molar-refractivity contribution in [3.8, 4) is 0 Å². The number of alkyl carbamates (subject to hydrolysis) is 1. The molecule has 1 aromatic heterocycles. The van der Waals surface area contributed by atoms with E-state index in [0.29, 0.717) is 24.1 Å². The van der Waals surface area contributed by atoms with Gasteiger partial charge in [-0.05, 0) is 55.3 Å². The number of carbonyl (C=O) groups is 2. The Morgan fingerprint density at radius 3 is 2.20 bits per heavy atom. The van der Waals surface area contributed by atoms with E-state index in [-0.39, 0.29) is 37.0 Å². The molecule has 3 atom stereocenters. The highest BCUT2D eigenvalue weighted by atomic mass is 19.4. The molecule has 0 saturated carbocycles. The normalized spacial score (nSPS) is 17.4. The second-order valence-electron chi connectivity index (χ2n) is 10.7. The first kappa shape index (κ1) is 34.7. The van der Waals surface area contributed by atoms with Crippen LogP contribution in [-0.2, 0) is 20.7 Å². The molecule has 0 bridgehead atoms. The lowest BCUT2D eigenvalue weighted by Gasteiger charge is -2.30. The van der Waals surface area contributed by atoms with Crippen molar-refractivity contribution in [3.05, 3.63) is 95.1 Å². The van der Waals surface area contributed by atoms with Gasteiger partial charge in [0.05, 0.1) is 42.9 Å². The Morgan fingerprint density at radius 1 is 1.02 bits per heavy atom. The molecule has 1 aliphatic rings. The SMILES string of the molecule is CN[C@H](C(=O)Nc1cncc(F)c1CC[C@@H]1CN[C@H](COC(=O)NCC(F)(F)F)CO1)C(c1ccc(F)cc1)c1ccc(F)cc1. The number of morpholine rings is 1. The average Bonchev–Trinajstić information content (AvgIpc) is 3.02. The number of amides is 2. The van der Waals surface area contributed by atoms with Crippen molar-refractivity contribution in [2.24, 2.45) is 0 Å². The van der Waals surface area contributed by atoms with Crippen LogP contribution < -0.4 is 21.3 Å². The zero-order valence-electron chi connectivity index (χ0n) is 24.7. The fourth-order valence-electron chi connectivity index (χ4n) is 5.07. The van der Waals surface area contributed by atoms with Crippen LogP contribution in [0, 0.1) is 17.5 Å². The number of ether oxygens (including phenoxy) is 2. The summed E-state index contributed by atoms with van der Waals surface area (Å²) in [5.74, 6) is -2.77. The van der Waals surface area contributed by atoms with E-state index in [1.54, 1.807) is 12.4 Å². The number of halogens is 6. The number of hydrogen-bond donors (Lipinski definition) is 4. The van der Waals surface area contributed by atoms with Crippen LogP contribution in [0.5, 0.6) is 0 Å². The van der Waals surface area contributed by atoms with Gasteiger partial charge >= 0.3 is 12.3 Å². The van der Waals surface area contributed by atoms with Crippen LogP contribution in [0.15, 0.2) is 60.9 Å². The number of alkyl halides is 3. The maximum Gasteiger partial charge on any atom is 0.407 e. The minimum Gasteiger partial charge on any atom is -0.448 e. The number of hydrogen-bond acceptors (Lipinski definition) is 7. The predicted octanol–water partition coefficient (Wildman–Crippen LogP) is 4.44. The van der Waals surface area contributed by atoms with Gasteiger partial charge in [0.1, 0.15) is 30.6 Å². The van der Waals surface area contributed by atoms with Gasteiger partial charge in [0.15, 0.2) is 0 Å². The molecule has 0 radical (unpaired) electrons. The molecule has 4 rings (SSSR count). The number of nitrogens with zero attached hydrogens (tertiary/aromatic N) is 1. The third kappa shape index (κ3) is 9.89. The van der Waals surface area contributed by atoms with Gasteiger partial charge in [-0.2, -0.15) is 13.2 Å². The standard InChI is InChI=1S/C31H33F6N5O4/c1-38-28(27(18-2-6-20(32)7-3-18)19-4-8-21(33)9-5-19)29(43)42-26-14-39-13-25(34)24(26)11-10-23-12-40-22(15-45-23)16-46-30(44)41-17-31(35,36)37/h2-9,13-14,22-23,27-28,38,40H,10-12,15-17H2,1H3,(H,41,44)(H,42,43)/t22-,23+,28-/m0/s1. The number of nitrogens with one attached hydrogen (secondary N) is 4. The van der Waals surface area contributed by atoms with Crippen molar-refractivity contribution in [3.63, 3.8) is 0 Å². The molecule has 15 heteroatoms. The van der Waals surface area contributed by atoms with Crippen LogP contribution in [0.25, 0.3) is 0 Å². The van der Waals surface area contributed by atoms with Crippen LogP contribution in [0.4, 0.5) is 36.8 Å². The summed E-state index contributed by atoms with van der Waals surface area (Å²) in [6.45, 7) is -1.33. The fourth-order valence-corrected chi connectivity index (χ4v) is 5.07. The number of likely N-dealkylation sites (N-methyl/N-ethyl adjacent to an activating group) is 1. The summed E-state index contributed by atoms with van der Waals surface area (Å²) >= 11 is 0. The van der Waals surface area contributed by atoms with Crippen LogP contribution in [0.2, 0.25) is 0 Å². The second-order valence-corrected chi connectivity index (χ2v) is 10.7. The van der Waals surface area contributed by atoms with Gasteiger partial charge in [0, 0.05) is 18.0 Å². The molecule has 0 unspecified atom stereocenters. The quantitative estimate of drug-likeness (QED) is 0.214. The average molecular weight is 654 g/mol. The van der Waals surface area contributed by atoms with Crippen LogP contribution in [0.3, 0.4) is 0 Å². The molecule has 0 aliphatic carbocycles. The smallest absolute Gasteiger partial charge is 0.407 e. The Bertz CT molecular complexity index is 1410. The zero-order valence-corrected chi connectivity index (χ0v) is 24.7. The maximum atomic E-state index is 15.0. The Kier molecular flexibility index (Phi) is 12.0. The Balaban J connectivity index is 1.38. The van der Waals surface area contributed by atoms with Crippen LogP contribution in [-0.4, -0.2) is 74.7 Å². The first-order valence-electron chi connectivity index (χ1n) is 14.4. The zero-order chi connectivity index (χ0) is 33.3. The van der Waals surface area contributed by atoms with Gasteiger partial charge in [0.2, 0.25) is 5.91 Å². The Labute approximate surface area is 261 Å². The topological polar surface area (TPSA) is 114 Å². The molecule has 1 saturated heterocycles. The molecule has 1 fully saturated rings. The molecule has 9 nitrogen and oxygen atoms in total. The van der Waals surface area contributed by atoms with Crippen molar-refractivity contribution in [1.82, 2.24) is 20.9 Å². The van der Waals surface area contributed by atoms with E-state index in [1.807, 2.05) is 0 Å². The van der Waals surface area contributed by atoms with E-state index in [9.17, 15) is 35.9 Å². The van der Waals surface area contributed by atoms with Gasteiger partial charge in [-0.3, -0.25) is 9.78 Å². The minimum absolute atomic E-state index is 0.0949. The predicted molar refractivity (Wildman–Crippen MR) is 156 cm³/mol. The summed E-state index contributed by atoms with van der Waals surface area (Å²) < 4.78 is 89.7. The largest absolute Gasteiger partial charge is 0.448 e. The van der Waals surface area contributed by atoms with Crippen molar-refractivity contribution in [2.45, 2.75) is 43.1 Å². The van der Waals surface area contributed by atoms with Crippen molar-refractivity contribution >= 4 is 17.7 Å². The van der Waals surface area contributed by atoms with E-state index >= 15 is 0 Å². The summed E-state index contributed by atoms with van der Waals surface area (Å²) in [5, 5.41) is 10.4. The molecule has 248 valence electrons. The first-order valence-corrected chi connectivity index (χ1v) is 14.4. The maximum absolute atomic E-state index is 15.0. The van der Waals surface area contributed by atoms with Crippen molar-refractivity contribution in [1.29, 1.82) is 0 Å². The summed E-state index contributed by atoms with van der Waals surface area (Å²) in [5.41, 5.74) is 1.51. The van der Waals surface area contributed by atoms with E-state index in [4.69, 9.17) is 9.47 Å². The number of pyridine rings is 1. The van der Waals surface area contributed by atoms with E-state index in [2.05, 4.69) is 20.9 Å². The summed E-state index contributed by atoms with van der Waals surface area (Å²) in [6, 6.07) is 9.80. The molecule has 46 heavy (non-hydrogen) atoms. The van der Waals surface area contributed by atoms with E-state index in [1.165, 1.54) is 54.7 Å². The lowest BCUT2D eigenvalue weighted by molar-refractivity contribution is -0.124. The fraction of sp³-hybridized carbons (Fsp3) is 0.387. The Morgan fingerprint density at radius 2 is 1.65 bits per heavy atom. The molecule has 2 amide bonds. The molecule has 4 N–H and O–H groups in total. The highest BCUT2D eigenvalue weighted by molar-refractivity contribution is 5.96. The molecule has 2 aromatic carbocycles. The molecular weight excluding hydrogens is 620 g/mol. The monoisotopic (exact) mass is 653 g/mol. The number of aromatic nitrogens is 1. The second kappa shape index (κ2) is 15.9. The minimum atomic E-state index is -4.56. The summed E-state index contributed by atoms with van der Waals surface area (Å²) in [4.78, 5) is 29.0. The Hall–Kier alpha value is -4.21. The van der Waals surface area contributed by atoms with Gasteiger partial charge < -0.3 is 30.7 Å². The highest BCUT2D eigenvalue weighted by Gasteiger charge is 2.32. The van der Waals surface area contributed by atoms with Gasteiger partial charge in [-0.15, -0.1) is 0 Å². The van der Waals surface area contributed by atoms with Gasteiger partial charge in [-0.25, -0.2) is 18.0 Å². The lowest BCUT2D eigenvalue weighted by Crippen LogP contribution is -2.49. The molecular formula is C31H33F6N5O4. The highest BCUT2D eigenvalue weighted by Crippen LogP contribution is 2.30. The molecule has 2 heterocycles. The summed E-state index contributed by atoms with van der Waals surface area (Å²) in [6.07, 6.45) is -3.30. The third-order valence-electron chi connectivity index (χ3n) is 7.38. The number of benzene rings is 2. The van der Waals surface area contributed by atoms with Gasteiger partial charge in [-0.1, -0.05) is 24.3 Å². The van der Waals surface area contributed by atoms with E-state index < -0.39 is 60.2 Å². The van der Waals surface area contributed by atoms with Crippen molar-refractivity contribution in [2.75, 3.05) is 38.7 Å². The molecule has 1 aliphatic heterocycles. The van der Waals surface area contributed by atoms with Crippen LogP contribution >= 0.6 is 0 Å². The number of carbonyl (C=O) groups excluding carboxylic acids is 2.